The largest absolute Gasteiger partial charge is 0.277 e. The number of benzene rings is 7. The van der Waals surface area contributed by atoms with E-state index in [0.29, 0.717) is 5.39 Å². The van der Waals surface area contributed by atoms with Crippen LogP contribution in [0.4, 0.5) is 5.69 Å². The van der Waals surface area contributed by atoms with Gasteiger partial charge in [0.1, 0.15) is 0 Å². The first-order valence-electron chi connectivity index (χ1n) is 11.8. The molecular weight excluding hydrogens is 430 g/mol. The fourth-order valence-electron chi connectivity index (χ4n) is 6.10. The lowest BCUT2D eigenvalue weighted by Crippen LogP contribution is -1.93. The molecule has 0 N–H and O–H groups in total. The Morgan fingerprint density at radius 2 is 1.00 bits per heavy atom. The van der Waals surface area contributed by atoms with E-state index < -0.39 is 0 Å². The van der Waals surface area contributed by atoms with Gasteiger partial charge in [-0.15, -0.1) is 0 Å². The van der Waals surface area contributed by atoms with Gasteiger partial charge >= 0.3 is 0 Å². The summed E-state index contributed by atoms with van der Waals surface area (Å²) in [5.41, 5.74) is 4.84. The van der Waals surface area contributed by atoms with Crippen molar-refractivity contribution >= 4 is 59.5 Å². The highest BCUT2D eigenvalue weighted by Gasteiger charge is 2.19. The van der Waals surface area contributed by atoms with Gasteiger partial charge in [-0.25, -0.2) is 0 Å². The molecule has 7 aromatic rings. The molecule has 0 heterocycles. The molecule has 0 amide bonds. The van der Waals surface area contributed by atoms with Crippen LogP contribution in [0.2, 0.25) is 0 Å². The molecule has 0 spiro atoms. The van der Waals surface area contributed by atoms with Gasteiger partial charge in [0, 0.05) is 6.07 Å². The fraction of sp³-hybridized carbons (Fsp3) is 0.0625. The third-order valence-electron chi connectivity index (χ3n) is 7.58. The Balaban J connectivity index is 1.66. The van der Waals surface area contributed by atoms with Crippen molar-refractivity contribution in [3.63, 3.8) is 0 Å². The molecule has 0 aromatic heterocycles. The molecule has 3 nitrogen and oxygen atoms in total. The number of fused-ring (bicyclic) bond motifs is 3. The summed E-state index contributed by atoms with van der Waals surface area (Å²) in [7, 11) is 0. The molecule has 7 aromatic carbocycles. The standard InChI is InChI=1S/C32H21NO2/c1-18-12-14-27-25-10-4-9-24-22(20-6-3-8-23-21(20)7-5-11-29(23)33(34)35)16-17-26(31(24)25)28-15-13-19(2)30(18)32(27)28/h3-17H,1-2H3. The van der Waals surface area contributed by atoms with Crippen LogP contribution < -0.4 is 0 Å². The fourth-order valence-corrected chi connectivity index (χ4v) is 6.10. The van der Waals surface area contributed by atoms with Gasteiger partial charge in [-0.05, 0) is 90.6 Å². The molecule has 0 fully saturated rings. The average Bonchev–Trinajstić information content (AvgIpc) is 2.87. The Labute approximate surface area is 201 Å². The number of hydrogen-bond acceptors (Lipinski definition) is 2. The lowest BCUT2D eigenvalue weighted by atomic mass is 9.84. The summed E-state index contributed by atoms with van der Waals surface area (Å²) < 4.78 is 0. The summed E-state index contributed by atoms with van der Waals surface area (Å²) >= 11 is 0. The van der Waals surface area contributed by atoms with Gasteiger partial charge in [-0.3, -0.25) is 10.1 Å². The van der Waals surface area contributed by atoms with Crippen LogP contribution in [0.25, 0.3) is 65.0 Å². The van der Waals surface area contributed by atoms with Crippen LogP contribution >= 0.6 is 0 Å². The van der Waals surface area contributed by atoms with Crippen LogP contribution in [-0.4, -0.2) is 4.92 Å². The predicted octanol–water partition coefficient (Wildman–Crippen LogP) is 9.08. The topological polar surface area (TPSA) is 43.1 Å². The summed E-state index contributed by atoms with van der Waals surface area (Å²) in [6.07, 6.45) is 0. The van der Waals surface area contributed by atoms with Crippen LogP contribution in [0, 0.1) is 24.0 Å². The molecular formula is C32H21NO2. The molecule has 0 saturated heterocycles. The number of aryl methyl sites for hydroxylation is 2. The minimum atomic E-state index is -0.300. The summed E-state index contributed by atoms with van der Waals surface area (Å²) in [6, 6.07) is 31.1. The molecule has 166 valence electrons. The molecule has 7 rings (SSSR count). The van der Waals surface area contributed by atoms with E-state index in [9.17, 15) is 10.1 Å². The second kappa shape index (κ2) is 7.00. The molecule has 0 atom stereocenters. The molecule has 3 heteroatoms. The SMILES string of the molecule is Cc1ccc2c3cccc4c(-c5cccc6c([N+](=O)[O-])cccc56)ccc(c5ccc(C)c1c25)c43. The van der Waals surface area contributed by atoms with E-state index in [1.165, 1.54) is 54.2 Å². The van der Waals surface area contributed by atoms with Crippen molar-refractivity contribution in [2.75, 3.05) is 0 Å². The minimum Gasteiger partial charge on any atom is -0.258 e. The third-order valence-corrected chi connectivity index (χ3v) is 7.58. The highest BCUT2D eigenvalue weighted by molar-refractivity contribution is 6.34. The summed E-state index contributed by atoms with van der Waals surface area (Å²) in [6.45, 7) is 4.38. The molecule has 0 saturated carbocycles. The van der Waals surface area contributed by atoms with Crippen LogP contribution in [0.1, 0.15) is 11.1 Å². The normalized spacial score (nSPS) is 11.9. The van der Waals surface area contributed by atoms with Gasteiger partial charge in [0.05, 0.1) is 10.3 Å². The lowest BCUT2D eigenvalue weighted by Gasteiger charge is -2.19. The van der Waals surface area contributed by atoms with Crippen molar-refractivity contribution < 1.29 is 4.92 Å². The van der Waals surface area contributed by atoms with Crippen molar-refractivity contribution in [2.45, 2.75) is 13.8 Å². The summed E-state index contributed by atoms with van der Waals surface area (Å²) in [5.74, 6) is 0. The first-order chi connectivity index (χ1) is 17.0. The van der Waals surface area contributed by atoms with E-state index in [2.05, 4.69) is 74.5 Å². The monoisotopic (exact) mass is 451 g/mol. The maximum absolute atomic E-state index is 11.7. The molecule has 35 heavy (non-hydrogen) atoms. The Morgan fingerprint density at radius 3 is 1.74 bits per heavy atom. The van der Waals surface area contributed by atoms with Crippen LogP contribution in [0.5, 0.6) is 0 Å². The molecule has 0 radical (unpaired) electrons. The van der Waals surface area contributed by atoms with Gasteiger partial charge in [0.25, 0.3) is 5.69 Å². The van der Waals surface area contributed by atoms with E-state index in [-0.39, 0.29) is 10.6 Å². The molecule has 0 aliphatic rings. The Bertz CT molecular complexity index is 1950. The predicted molar refractivity (Wildman–Crippen MR) is 147 cm³/mol. The smallest absolute Gasteiger partial charge is 0.258 e. The maximum atomic E-state index is 11.7. The van der Waals surface area contributed by atoms with E-state index in [1.54, 1.807) is 12.1 Å². The highest BCUT2D eigenvalue weighted by atomic mass is 16.6. The van der Waals surface area contributed by atoms with Gasteiger partial charge in [-0.2, -0.15) is 0 Å². The number of nitrogens with zero attached hydrogens (tertiary/aromatic N) is 1. The van der Waals surface area contributed by atoms with Crippen LogP contribution in [0.3, 0.4) is 0 Å². The zero-order chi connectivity index (χ0) is 23.8. The second-order valence-electron chi connectivity index (χ2n) is 9.43. The lowest BCUT2D eigenvalue weighted by molar-refractivity contribution is -0.383. The van der Waals surface area contributed by atoms with E-state index in [4.69, 9.17) is 0 Å². The maximum Gasteiger partial charge on any atom is 0.277 e. The van der Waals surface area contributed by atoms with Crippen molar-refractivity contribution in [1.82, 2.24) is 0 Å². The Morgan fingerprint density at radius 1 is 0.486 bits per heavy atom. The average molecular weight is 452 g/mol. The number of rotatable bonds is 2. The zero-order valence-electron chi connectivity index (χ0n) is 19.4. The number of nitro benzene ring substituents is 1. The molecule has 0 aliphatic heterocycles. The van der Waals surface area contributed by atoms with Gasteiger partial charge in [0.2, 0.25) is 0 Å². The first kappa shape index (κ1) is 19.9. The van der Waals surface area contributed by atoms with Crippen LogP contribution in [-0.2, 0) is 0 Å². The third kappa shape index (κ3) is 2.61. The number of nitro groups is 1. The van der Waals surface area contributed by atoms with Crippen molar-refractivity contribution in [2.24, 2.45) is 0 Å². The molecule has 0 bridgehead atoms. The summed E-state index contributed by atoms with van der Waals surface area (Å²) in [5, 5.41) is 23.3. The number of non-ortho nitro benzene ring substituents is 1. The first-order valence-corrected chi connectivity index (χ1v) is 11.8. The van der Waals surface area contributed by atoms with E-state index in [0.717, 1.165) is 16.5 Å². The number of hydrogen-bond donors (Lipinski definition) is 0. The highest BCUT2D eigenvalue weighted by Crippen LogP contribution is 2.45. The van der Waals surface area contributed by atoms with Crippen LogP contribution in [0.15, 0.2) is 91.0 Å². The molecule has 0 aliphatic carbocycles. The van der Waals surface area contributed by atoms with Crippen molar-refractivity contribution in [3.8, 4) is 11.1 Å². The van der Waals surface area contributed by atoms with E-state index >= 15 is 0 Å². The zero-order valence-corrected chi connectivity index (χ0v) is 19.4. The van der Waals surface area contributed by atoms with Crippen molar-refractivity contribution in [3.05, 3.63) is 112 Å². The Kier molecular flexibility index (Phi) is 3.99. The van der Waals surface area contributed by atoms with E-state index in [1.807, 2.05) is 18.2 Å². The van der Waals surface area contributed by atoms with Gasteiger partial charge in [0.15, 0.2) is 0 Å². The van der Waals surface area contributed by atoms with Crippen molar-refractivity contribution in [1.29, 1.82) is 0 Å². The van der Waals surface area contributed by atoms with Gasteiger partial charge < -0.3 is 0 Å². The van der Waals surface area contributed by atoms with Gasteiger partial charge in [-0.1, -0.05) is 78.9 Å². The minimum absolute atomic E-state index is 0.137. The summed E-state index contributed by atoms with van der Waals surface area (Å²) in [4.78, 5) is 11.4. The Hall–Kier alpha value is -4.50. The second-order valence-corrected chi connectivity index (χ2v) is 9.43. The molecule has 0 unspecified atom stereocenters. The quantitative estimate of drug-likeness (QED) is 0.114.